The molecular weight excluding hydrogens is 492 g/mol. The molecule has 0 saturated carbocycles. The number of likely N-dealkylation sites (tertiary alicyclic amines) is 1. The van der Waals surface area contributed by atoms with E-state index in [-0.39, 0.29) is 29.0 Å². The highest BCUT2D eigenvalue weighted by Crippen LogP contribution is 2.26. The molecule has 0 bridgehead atoms. The molecule has 192 valence electrons. The number of ether oxygens (including phenoxy) is 1. The van der Waals surface area contributed by atoms with E-state index in [0.717, 1.165) is 10.8 Å². The van der Waals surface area contributed by atoms with Crippen LogP contribution in [0.4, 0.5) is 16.2 Å². The minimum Gasteiger partial charge on any atom is -0.465 e. The van der Waals surface area contributed by atoms with E-state index >= 15 is 0 Å². The van der Waals surface area contributed by atoms with Crippen molar-refractivity contribution in [3.63, 3.8) is 0 Å². The van der Waals surface area contributed by atoms with Crippen LogP contribution in [0.25, 0.3) is 10.8 Å². The predicted molar refractivity (Wildman–Crippen MR) is 145 cm³/mol. The molecule has 0 radical (unpaired) electrons. The SMILES string of the molecule is COC(=O)c1ccccc1NC(=O)CN(C)C(=O)C1CC(S)CN1C(=O)Nc1ccc2ccccc2c1. The van der Waals surface area contributed by atoms with Crippen LogP contribution in [0, 0.1) is 0 Å². The Morgan fingerprint density at radius 1 is 1.00 bits per heavy atom. The molecule has 0 aliphatic carbocycles. The number of methoxy groups -OCH3 is 1. The van der Waals surface area contributed by atoms with Gasteiger partial charge in [0.1, 0.15) is 6.04 Å². The third kappa shape index (κ3) is 6.03. The minimum atomic E-state index is -0.761. The normalized spacial score (nSPS) is 16.8. The zero-order valence-corrected chi connectivity index (χ0v) is 21.4. The third-order valence-electron chi connectivity index (χ3n) is 6.19. The lowest BCUT2D eigenvalue weighted by molar-refractivity contribution is -0.136. The van der Waals surface area contributed by atoms with Crippen LogP contribution in [-0.4, -0.2) is 72.2 Å². The van der Waals surface area contributed by atoms with Gasteiger partial charge in [0.05, 0.1) is 24.9 Å². The second kappa shape index (κ2) is 11.3. The lowest BCUT2D eigenvalue weighted by atomic mass is 10.1. The second-order valence-corrected chi connectivity index (χ2v) is 9.56. The number of carbonyl (C=O) groups excluding carboxylic acids is 4. The van der Waals surface area contributed by atoms with Crippen LogP contribution in [0.15, 0.2) is 66.7 Å². The lowest BCUT2D eigenvalue weighted by Gasteiger charge is -2.28. The van der Waals surface area contributed by atoms with Crippen LogP contribution >= 0.6 is 12.6 Å². The molecule has 1 saturated heterocycles. The highest BCUT2D eigenvalue weighted by Gasteiger charge is 2.40. The highest BCUT2D eigenvalue weighted by atomic mass is 32.1. The summed E-state index contributed by atoms with van der Waals surface area (Å²) in [7, 11) is 2.75. The fourth-order valence-electron chi connectivity index (χ4n) is 4.35. The smallest absolute Gasteiger partial charge is 0.339 e. The number of benzene rings is 3. The molecule has 1 fully saturated rings. The summed E-state index contributed by atoms with van der Waals surface area (Å²) in [6, 6.07) is 18.7. The maximum atomic E-state index is 13.3. The molecule has 9 nitrogen and oxygen atoms in total. The van der Waals surface area contributed by atoms with Gasteiger partial charge in [-0.2, -0.15) is 12.6 Å². The fourth-order valence-corrected chi connectivity index (χ4v) is 4.73. The second-order valence-electron chi connectivity index (χ2n) is 8.83. The van der Waals surface area contributed by atoms with Crippen molar-refractivity contribution in [3.8, 4) is 0 Å². The predicted octanol–water partition coefficient (Wildman–Crippen LogP) is 3.63. The molecule has 3 aromatic rings. The first-order valence-corrected chi connectivity index (χ1v) is 12.2. The van der Waals surface area contributed by atoms with Crippen LogP contribution in [0.3, 0.4) is 0 Å². The van der Waals surface area contributed by atoms with Crippen LogP contribution in [0.2, 0.25) is 0 Å². The average Bonchev–Trinajstić information content (AvgIpc) is 3.29. The van der Waals surface area contributed by atoms with E-state index in [1.165, 1.54) is 30.0 Å². The fraction of sp³-hybridized carbons (Fsp3) is 0.259. The van der Waals surface area contributed by atoms with Gasteiger partial charge in [0.15, 0.2) is 0 Å². The summed E-state index contributed by atoms with van der Waals surface area (Å²) in [6.07, 6.45) is 0.365. The summed E-state index contributed by atoms with van der Waals surface area (Å²) in [5.41, 5.74) is 1.11. The van der Waals surface area contributed by atoms with Crippen molar-refractivity contribution in [3.05, 3.63) is 72.3 Å². The molecule has 1 aliphatic rings. The molecule has 2 atom stereocenters. The number of para-hydroxylation sites is 1. The summed E-state index contributed by atoms with van der Waals surface area (Å²) in [5.74, 6) is -1.44. The van der Waals surface area contributed by atoms with Gasteiger partial charge >= 0.3 is 12.0 Å². The summed E-state index contributed by atoms with van der Waals surface area (Å²) in [6.45, 7) is 0.0354. The first-order chi connectivity index (χ1) is 17.8. The van der Waals surface area contributed by atoms with Crippen LogP contribution < -0.4 is 10.6 Å². The van der Waals surface area contributed by atoms with Gasteiger partial charge in [-0.15, -0.1) is 0 Å². The number of thiol groups is 1. The maximum absolute atomic E-state index is 13.3. The summed E-state index contributed by atoms with van der Waals surface area (Å²) < 4.78 is 4.75. The Morgan fingerprint density at radius 3 is 2.46 bits per heavy atom. The molecule has 4 rings (SSSR count). The third-order valence-corrected chi connectivity index (χ3v) is 6.56. The number of urea groups is 1. The number of esters is 1. The van der Waals surface area contributed by atoms with Gasteiger partial charge in [0.2, 0.25) is 11.8 Å². The first-order valence-electron chi connectivity index (χ1n) is 11.7. The molecule has 1 heterocycles. The largest absolute Gasteiger partial charge is 0.465 e. The van der Waals surface area contributed by atoms with Gasteiger partial charge in [-0.25, -0.2) is 9.59 Å². The highest BCUT2D eigenvalue weighted by molar-refractivity contribution is 7.81. The van der Waals surface area contributed by atoms with Crippen molar-refractivity contribution in [2.24, 2.45) is 0 Å². The molecule has 0 aromatic heterocycles. The van der Waals surface area contributed by atoms with E-state index in [1.807, 2.05) is 42.5 Å². The van der Waals surface area contributed by atoms with Gasteiger partial charge in [-0.05, 0) is 41.5 Å². The summed E-state index contributed by atoms with van der Waals surface area (Å²) in [5, 5.41) is 7.39. The Hall–Kier alpha value is -4.05. The number of rotatable bonds is 6. The minimum absolute atomic E-state index is 0.175. The number of nitrogens with zero attached hydrogens (tertiary/aromatic N) is 2. The van der Waals surface area contributed by atoms with Gasteiger partial charge in [-0.1, -0.05) is 42.5 Å². The zero-order valence-electron chi connectivity index (χ0n) is 20.5. The number of nitrogens with one attached hydrogen (secondary N) is 2. The number of amides is 4. The first kappa shape index (κ1) is 26.0. The Kier molecular flexibility index (Phi) is 7.98. The van der Waals surface area contributed by atoms with Gasteiger partial charge in [0, 0.05) is 24.5 Å². The molecule has 3 aromatic carbocycles. The quantitative estimate of drug-likeness (QED) is 0.340. The zero-order chi connectivity index (χ0) is 26.5. The average molecular weight is 521 g/mol. The Labute approximate surface area is 220 Å². The topological polar surface area (TPSA) is 108 Å². The van der Waals surface area contributed by atoms with Crippen LogP contribution in [0.5, 0.6) is 0 Å². The van der Waals surface area contributed by atoms with E-state index in [2.05, 4.69) is 23.3 Å². The van der Waals surface area contributed by atoms with Crippen molar-refractivity contribution in [1.82, 2.24) is 9.80 Å². The standard InChI is InChI=1S/C27H28N4O5S/c1-30(16-24(32)29-22-10-6-5-9-21(22)26(34)36-2)25(33)23-14-20(37)15-31(23)27(35)28-19-12-11-17-7-3-4-8-18(17)13-19/h3-13,20,23,37H,14-16H2,1-2H3,(H,28,35)(H,29,32). The van der Waals surface area contributed by atoms with E-state index in [0.29, 0.717) is 18.7 Å². The molecule has 2 unspecified atom stereocenters. The number of hydrogen-bond acceptors (Lipinski definition) is 6. The molecule has 1 aliphatic heterocycles. The Bertz CT molecular complexity index is 1350. The van der Waals surface area contributed by atoms with Gasteiger partial charge in [-0.3, -0.25) is 9.59 Å². The van der Waals surface area contributed by atoms with E-state index in [1.54, 1.807) is 18.2 Å². The molecule has 4 amide bonds. The number of fused-ring (bicyclic) bond motifs is 1. The van der Waals surface area contributed by atoms with Crippen molar-refractivity contribution in [1.29, 1.82) is 0 Å². The molecule has 10 heteroatoms. The molecule has 37 heavy (non-hydrogen) atoms. The van der Waals surface area contributed by atoms with Gasteiger partial charge < -0.3 is 25.2 Å². The van der Waals surface area contributed by atoms with E-state index in [9.17, 15) is 19.2 Å². The van der Waals surface area contributed by atoms with Crippen molar-refractivity contribution < 1.29 is 23.9 Å². The summed E-state index contributed by atoms with van der Waals surface area (Å²) in [4.78, 5) is 53.7. The summed E-state index contributed by atoms with van der Waals surface area (Å²) >= 11 is 4.50. The number of hydrogen-bond donors (Lipinski definition) is 3. The van der Waals surface area contributed by atoms with Crippen molar-refractivity contribution >= 4 is 58.6 Å². The molecule has 0 spiro atoms. The van der Waals surface area contributed by atoms with E-state index < -0.39 is 23.9 Å². The molecule has 2 N–H and O–H groups in total. The number of anilines is 2. The van der Waals surface area contributed by atoms with Crippen LogP contribution in [-0.2, 0) is 14.3 Å². The Morgan fingerprint density at radius 2 is 1.70 bits per heavy atom. The van der Waals surface area contributed by atoms with Crippen molar-refractivity contribution in [2.45, 2.75) is 17.7 Å². The Balaban J connectivity index is 1.41. The monoisotopic (exact) mass is 520 g/mol. The number of carbonyl (C=O) groups is 4. The lowest BCUT2D eigenvalue weighted by Crippen LogP contribution is -2.49. The maximum Gasteiger partial charge on any atom is 0.339 e. The van der Waals surface area contributed by atoms with E-state index in [4.69, 9.17) is 4.74 Å². The number of likely N-dealkylation sites (N-methyl/N-ethyl adjacent to an activating group) is 1. The molecular formula is C27H28N4O5S. The van der Waals surface area contributed by atoms with Crippen LogP contribution in [0.1, 0.15) is 16.8 Å². The van der Waals surface area contributed by atoms with Gasteiger partial charge in [0.25, 0.3) is 0 Å². The van der Waals surface area contributed by atoms with Crippen molar-refractivity contribution in [2.75, 3.05) is 37.9 Å².